The fourth-order valence-electron chi connectivity index (χ4n) is 3.35. The normalized spacial score (nSPS) is 14.9. The van der Waals surface area contributed by atoms with Crippen LogP contribution in [0.4, 0.5) is 5.69 Å². The lowest BCUT2D eigenvalue weighted by atomic mass is 10.0. The van der Waals surface area contributed by atoms with Gasteiger partial charge < -0.3 is 20.3 Å². The predicted octanol–water partition coefficient (Wildman–Crippen LogP) is 3.07. The van der Waals surface area contributed by atoms with Crippen molar-refractivity contribution < 1.29 is 14.3 Å². The third-order valence-corrected chi connectivity index (χ3v) is 5.30. The van der Waals surface area contributed by atoms with Crippen molar-refractivity contribution in [2.75, 3.05) is 38.2 Å². The van der Waals surface area contributed by atoms with Crippen LogP contribution < -0.4 is 10.6 Å². The second kappa shape index (κ2) is 9.56. The standard InChI is InChI=1S/C23H29N3O3/c1-16-8-9-19(14-17(16)2)18(3)25-22(27)15-24-21-7-5-4-6-20(21)23(28)26-10-12-29-13-11-26/h4-9,14,18,24H,10-13,15H2,1-3H3,(H,25,27). The lowest BCUT2D eigenvalue weighted by Crippen LogP contribution is -2.41. The first-order valence-electron chi connectivity index (χ1n) is 10.0. The summed E-state index contributed by atoms with van der Waals surface area (Å²) >= 11 is 0. The molecule has 1 fully saturated rings. The molecule has 0 spiro atoms. The molecule has 2 amide bonds. The van der Waals surface area contributed by atoms with Crippen LogP contribution in [0.1, 0.15) is 40.0 Å². The van der Waals surface area contributed by atoms with Gasteiger partial charge >= 0.3 is 0 Å². The highest BCUT2D eigenvalue weighted by atomic mass is 16.5. The fraction of sp³-hybridized carbons (Fsp3) is 0.391. The molecule has 6 heteroatoms. The molecule has 1 aliphatic rings. The maximum atomic E-state index is 12.8. The Morgan fingerprint density at radius 2 is 1.79 bits per heavy atom. The number of nitrogens with one attached hydrogen (secondary N) is 2. The lowest BCUT2D eigenvalue weighted by molar-refractivity contribution is -0.120. The van der Waals surface area contributed by atoms with E-state index in [0.29, 0.717) is 37.6 Å². The van der Waals surface area contributed by atoms with Gasteiger partial charge in [-0.15, -0.1) is 0 Å². The minimum Gasteiger partial charge on any atom is -0.378 e. The second-order valence-electron chi connectivity index (χ2n) is 7.44. The summed E-state index contributed by atoms with van der Waals surface area (Å²) in [7, 11) is 0. The summed E-state index contributed by atoms with van der Waals surface area (Å²) in [6.45, 7) is 8.49. The molecule has 1 saturated heterocycles. The van der Waals surface area contributed by atoms with Crippen LogP contribution in [0.15, 0.2) is 42.5 Å². The maximum Gasteiger partial charge on any atom is 0.256 e. The Kier molecular flexibility index (Phi) is 6.88. The lowest BCUT2D eigenvalue weighted by Gasteiger charge is -2.27. The van der Waals surface area contributed by atoms with Gasteiger partial charge in [-0.25, -0.2) is 0 Å². The molecule has 1 atom stereocenters. The number of nitrogens with zero attached hydrogens (tertiary/aromatic N) is 1. The zero-order chi connectivity index (χ0) is 20.8. The number of benzene rings is 2. The third-order valence-electron chi connectivity index (χ3n) is 5.30. The van der Waals surface area contributed by atoms with Crippen LogP contribution in [-0.4, -0.2) is 49.6 Å². The van der Waals surface area contributed by atoms with E-state index in [2.05, 4.69) is 36.6 Å². The third kappa shape index (κ3) is 5.35. The van der Waals surface area contributed by atoms with E-state index < -0.39 is 0 Å². The molecule has 1 heterocycles. The minimum absolute atomic E-state index is 0.0414. The number of ether oxygens (including phenoxy) is 1. The van der Waals surface area contributed by atoms with Crippen molar-refractivity contribution in [2.45, 2.75) is 26.8 Å². The quantitative estimate of drug-likeness (QED) is 0.789. The van der Waals surface area contributed by atoms with Gasteiger partial charge in [0.25, 0.3) is 5.91 Å². The van der Waals surface area contributed by atoms with Crippen molar-refractivity contribution in [3.63, 3.8) is 0 Å². The van der Waals surface area contributed by atoms with Crippen LogP contribution in [0, 0.1) is 13.8 Å². The summed E-state index contributed by atoms with van der Waals surface area (Å²) in [5.74, 6) is -0.162. The zero-order valence-corrected chi connectivity index (χ0v) is 17.3. The Morgan fingerprint density at radius 1 is 1.07 bits per heavy atom. The molecule has 0 radical (unpaired) electrons. The Morgan fingerprint density at radius 3 is 2.52 bits per heavy atom. The zero-order valence-electron chi connectivity index (χ0n) is 17.3. The van der Waals surface area contributed by atoms with Gasteiger partial charge in [-0.3, -0.25) is 9.59 Å². The van der Waals surface area contributed by atoms with Gasteiger partial charge in [-0.2, -0.15) is 0 Å². The van der Waals surface area contributed by atoms with E-state index in [-0.39, 0.29) is 24.4 Å². The molecule has 154 valence electrons. The number of aryl methyl sites for hydroxylation is 2. The minimum atomic E-state index is -0.121. The summed E-state index contributed by atoms with van der Waals surface area (Å²) in [5, 5.41) is 6.13. The molecule has 1 aliphatic heterocycles. The number of carbonyl (C=O) groups is 2. The highest BCUT2D eigenvalue weighted by Gasteiger charge is 2.21. The Bertz CT molecular complexity index is 875. The molecular weight excluding hydrogens is 366 g/mol. The molecule has 2 N–H and O–H groups in total. The first-order chi connectivity index (χ1) is 14.0. The average molecular weight is 396 g/mol. The summed E-state index contributed by atoms with van der Waals surface area (Å²) in [4.78, 5) is 27.1. The van der Waals surface area contributed by atoms with Crippen molar-refractivity contribution in [3.05, 3.63) is 64.7 Å². The molecule has 0 saturated carbocycles. The number of amides is 2. The maximum absolute atomic E-state index is 12.8. The molecule has 29 heavy (non-hydrogen) atoms. The van der Waals surface area contributed by atoms with Gasteiger partial charge in [-0.1, -0.05) is 30.3 Å². The molecule has 2 aromatic rings. The Hall–Kier alpha value is -2.86. The summed E-state index contributed by atoms with van der Waals surface area (Å²) < 4.78 is 5.32. The van der Waals surface area contributed by atoms with Crippen molar-refractivity contribution in [1.29, 1.82) is 0 Å². The molecule has 6 nitrogen and oxygen atoms in total. The average Bonchev–Trinajstić information content (AvgIpc) is 2.74. The Labute approximate surface area is 172 Å². The van der Waals surface area contributed by atoms with E-state index in [9.17, 15) is 9.59 Å². The second-order valence-corrected chi connectivity index (χ2v) is 7.44. The molecule has 1 unspecified atom stereocenters. The van der Waals surface area contributed by atoms with Crippen LogP contribution in [-0.2, 0) is 9.53 Å². The van der Waals surface area contributed by atoms with Gasteiger partial charge in [0.2, 0.25) is 5.91 Å². The monoisotopic (exact) mass is 395 g/mol. The van der Waals surface area contributed by atoms with Crippen LogP contribution in [0.2, 0.25) is 0 Å². The van der Waals surface area contributed by atoms with Crippen molar-refractivity contribution in [1.82, 2.24) is 10.2 Å². The number of hydrogen-bond acceptors (Lipinski definition) is 4. The first-order valence-corrected chi connectivity index (χ1v) is 10.0. The molecular formula is C23H29N3O3. The van der Waals surface area contributed by atoms with Crippen molar-refractivity contribution in [3.8, 4) is 0 Å². The predicted molar refractivity (Wildman–Crippen MR) is 114 cm³/mol. The topological polar surface area (TPSA) is 70.7 Å². The van der Waals surface area contributed by atoms with Crippen molar-refractivity contribution >= 4 is 17.5 Å². The smallest absolute Gasteiger partial charge is 0.256 e. The van der Waals surface area contributed by atoms with Gasteiger partial charge in [0.15, 0.2) is 0 Å². The molecule has 0 aromatic heterocycles. The van der Waals surface area contributed by atoms with E-state index in [1.54, 1.807) is 11.0 Å². The SMILES string of the molecule is Cc1ccc(C(C)NC(=O)CNc2ccccc2C(=O)N2CCOCC2)cc1C. The number of rotatable bonds is 6. The van der Waals surface area contributed by atoms with E-state index in [1.807, 2.05) is 31.2 Å². The largest absolute Gasteiger partial charge is 0.378 e. The number of anilines is 1. The van der Waals surface area contributed by atoms with E-state index >= 15 is 0 Å². The highest BCUT2D eigenvalue weighted by Crippen LogP contribution is 2.19. The van der Waals surface area contributed by atoms with Crippen LogP contribution >= 0.6 is 0 Å². The Balaban J connectivity index is 1.60. The number of carbonyl (C=O) groups excluding carboxylic acids is 2. The summed E-state index contributed by atoms with van der Waals surface area (Å²) in [6.07, 6.45) is 0. The molecule has 3 rings (SSSR count). The van der Waals surface area contributed by atoms with Crippen LogP contribution in [0.3, 0.4) is 0 Å². The van der Waals surface area contributed by atoms with E-state index in [4.69, 9.17) is 4.74 Å². The fourth-order valence-corrected chi connectivity index (χ4v) is 3.35. The van der Waals surface area contributed by atoms with Gasteiger partial charge in [-0.05, 0) is 49.6 Å². The van der Waals surface area contributed by atoms with Gasteiger partial charge in [0.1, 0.15) is 0 Å². The molecule has 0 bridgehead atoms. The van der Waals surface area contributed by atoms with E-state index in [1.165, 1.54) is 11.1 Å². The molecule has 2 aromatic carbocycles. The van der Waals surface area contributed by atoms with Gasteiger partial charge in [0, 0.05) is 18.8 Å². The van der Waals surface area contributed by atoms with Gasteiger partial charge in [0.05, 0.1) is 31.4 Å². The van der Waals surface area contributed by atoms with Crippen LogP contribution in [0.5, 0.6) is 0 Å². The molecule has 0 aliphatic carbocycles. The van der Waals surface area contributed by atoms with E-state index in [0.717, 1.165) is 5.56 Å². The first kappa shape index (κ1) is 20.9. The summed E-state index contributed by atoms with van der Waals surface area (Å²) in [6, 6.07) is 13.4. The number of para-hydroxylation sites is 1. The number of morpholine rings is 1. The van der Waals surface area contributed by atoms with Crippen LogP contribution in [0.25, 0.3) is 0 Å². The highest BCUT2D eigenvalue weighted by molar-refractivity contribution is 6.00. The number of hydrogen-bond donors (Lipinski definition) is 2. The summed E-state index contributed by atoms with van der Waals surface area (Å²) in [5.41, 5.74) is 4.75. The van der Waals surface area contributed by atoms with Crippen molar-refractivity contribution in [2.24, 2.45) is 0 Å².